The Kier molecular flexibility index (Phi) is 3.71. The molecule has 2 N–H and O–H groups in total. The lowest BCUT2D eigenvalue weighted by Gasteiger charge is -2.36. The topological polar surface area (TPSA) is 32.5 Å². The van der Waals surface area contributed by atoms with Crippen molar-refractivity contribution in [3.8, 4) is 0 Å². The molecule has 0 unspecified atom stereocenters. The first-order chi connectivity index (χ1) is 9.26. The summed E-state index contributed by atoms with van der Waals surface area (Å²) in [6.45, 7) is 4.78. The quantitative estimate of drug-likeness (QED) is 0.896. The maximum absolute atomic E-state index is 13.6. The number of benzene rings is 1. The third-order valence-electron chi connectivity index (χ3n) is 4.12. The number of nitrogens with two attached hydrogens (primary N) is 1. The third-order valence-corrected chi connectivity index (χ3v) is 4.12. The smallest absolute Gasteiger partial charge is 0.125 e. The van der Waals surface area contributed by atoms with Crippen molar-refractivity contribution in [2.45, 2.75) is 25.3 Å². The van der Waals surface area contributed by atoms with Gasteiger partial charge in [0.1, 0.15) is 5.82 Å². The van der Waals surface area contributed by atoms with Crippen LogP contribution in [0.15, 0.2) is 18.2 Å². The molecule has 1 saturated heterocycles. The number of rotatable bonds is 4. The Labute approximate surface area is 114 Å². The van der Waals surface area contributed by atoms with Crippen molar-refractivity contribution in [2.75, 3.05) is 37.6 Å². The molecule has 2 fully saturated rings. The lowest BCUT2D eigenvalue weighted by Crippen LogP contribution is -2.47. The molecule has 0 aromatic heterocycles. The summed E-state index contributed by atoms with van der Waals surface area (Å²) in [5.74, 6) is -0.148. The zero-order chi connectivity index (χ0) is 13.2. The molecule has 1 aliphatic carbocycles. The Morgan fingerprint density at radius 2 is 1.84 bits per heavy atom. The van der Waals surface area contributed by atoms with Gasteiger partial charge >= 0.3 is 0 Å². The van der Waals surface area contributed by atoms with E-state index in [0.29, 0.717) is 6.54 Å². The third kappa shape index (κ3) is 3.07. The fraction of sp³-hybridized carbons (Fsp3) is 0.600. The summed E-state index contributed by atoms with van der Waals surface area (Å²) in [7, 11) is 0. The van der Waals surface area contributed by atoms with E-state index in [2.05, 4.69) is 15.9 Å². The lowest BCUT2D eigenvalue weighted by atomic mass is 10.1. The Morgan fingerprint density at radius 3 is 2.47 bits per heavy atom. The maximum atomic E-state index is 13.6. The zero-order valence-electron chi connectivity index (χ0n) is 11.3. The van der Waals surface area contributed by atoms with Crippen molar-refractivity contribution in [3.05, 3.63) is 29.6 Å². The molecule has 0 spiro atoms. The Bertz CT molecular complexity index is 437. The summed E-state index contributed by atoms with van der Waals surface area (Å²) in [6, 6.07) is 6.16. The van der Waals surface area contributed by atoms with Crippen molar-refractivity contribution >= 4 is 5.69 Å². The number of piperazine rings is 1. The van der Waals surface area contributed by atoms with Gasteiger partial charge in [-0.3, -0.25) is 4.90 Å². The molecular weight excluding hydrogens is 241 g/mol. The number of hydrogen-bond donors (Lipinski definition) is 1. The standard InChI is InChI=1S/C15H22FN3/c16-13-9-12(3-4-17)10-15(11-13)19-7-5-18(6-8-19)14-1-2-14/h9-11,14H,1-8,17H2. The fourth-order valence-corrected chi connectivity index (χ4v) is 2.91. The van der Waals surface area contributed by atoms with E-state index in [1.807, 2.05) is 0 Å². The van der Waals surface area contributed by atoms with Crippen molar-refractivity contribution in [2.24, 2.45) is 5.73 Å². The molecule has 0 amide bonds. The first-order valence-corrected chi connectivity index (χ1v) is 7.25. The summed E-state index contributed by atoms with van der Waals surface area (Å²) in [5, 5.41) is 0. The molecule has 1 saturated carbocycles. The highest BCUT2D eigenvalue weighted by atomic mass is 19.1. The van der Waals surface area contributed by atoms with Gasteiger partial charge in [0.15, 0.2) is 0 Å². The van der Waals surface area contributed by atoms with Crippen molar-refractivity contribution in [3.63, 3.8) is 0 Å². The van der Waals surface area contributed by atoms with Crippen LogP contribution in [0.5, 0.6) is 0 Å². The van der Waals surface area contributed by atoms with Gasteiger partial charge in [-0.25, -0.2) is 4.39 Å². The van der Waals surface area contributed by atoms with Gasteiger partial charge in [-0.2, -0.15) is 0 Å². The molecule has 2 aliphatic rings. The van der Waals surface area contributed by atoms with Crippen molar-refractivity contribution < 1.29 is 4.39 Å². The molecule has 4 heteroatoms. The van der Waals surface area contributed by atoms with Crippen LogP contribution in [0, 0.1) is 5.82 Å². The van der Waals surface area contributed by atoms with Gasteiger partial charge < -0.3 is 10.6 Å². The van der Waals surface area contributed by atoms with Gasteiger partial charge in [0.05, 0.1) is 0 Å². The Morgan fingerprint density at radius 1 is 1.11 bits per heavy atom. The molecule has 3 rings (SSSR count). The van der Waals surface area contributed by atoms with Gasteiger partial charge in [-0.05, 0) is 49.6 Å². The molecular formula is C15H22FN3. The SMILES string of the molecule is NCCc1cc(F)cc(N2CCN(C3CC3)CC2)c1. The van der Waals surface area contributed by atoms with E-state index >= 15 is 0 Å². The molecule has 1 heterocycles. The number of anilines is 1. The molecule has 19 heavy (non-hydrogen) atoms. The molecule has 1 aromatic rings. The second-order valence-electron chi connectivity index (χ2n) is 5.61. The summed E-state index contributed by atoms with van der Waals surface area (Å²) >= 11 is 0. The van der Waals surface area contributed by atoms with Gasteiger partial charge in [0, 0.05) is 37.9 Å². The van der Waals surface area contributed by atoms with E-state index in [0.717, 1.165) is 49.9 Å². The molecule has 3 nitrogen and oxygen atoms in total. The van der Waals surface area contributed by atoms with E-state index < -0.39 is 0 Å². The van der Waals surface area contributed by atoms with Crippen molar-refractivity contribution in [1.82, 2.24) is 4.90 Å². The molecule has 0 radical (unpaired) electrons. The molecule has 0 atom stereocenters. The van der Waals surface area contributed by atoms with Crippen LogP contribution in [0.3, 0.4) is 0 Å². The zero-order valence-corrected chi connectivity index (χ0v) is 11.3. The molecule has 1 aliphatic heterocycles. The fourth-order valence-electron chi connectivity index (χ4n) is 2.91. The summed E-state index contributed by atoms with van der Waals surface area (Å²) in [5.41, 5.74) is 7.57. The lowest BCUT2D eigenvalue weighted by molar-refractivity contribution is 0.248. The largest absolute Gasteiger partial charge is 0.369 e. The van der Waals surface area contributed by atoms with Crippen LogP contribution >= 0.6 is 0 Å². The van der Waals surface area contributed by atoms with Crippen LogP contribution in [0.2, 0.25) is 0 Å². The van der Waals surface area contributed by atoms with E-state index in [1.54, 1.807) is 12.1 Å². The van der Waals surface area contributed by atoms with E-state index in [1.165, 1.54) is 12.8 Å². The average molecular weight is 263 g/mol. The number of halogens is 1. The van der Waals surface area contributed by atoms with Crippen LogP contribution in [-0.2, 0) is 6.42 Å². The van der Waals surface area contributed by atoms with Gasteiger partial charge in [-0.15, -0.1) is 0 Å². The van der Waals surface area contributed by atoms with E-state index in [9.17, 15) is 4.39 Å². The van der Waals surface area contributed by atoms with Crippen LogP contribution in [0.1, 0.15) is 18.4 Å². The van der Waals surface area contributed by atoms with Crippen LogP contribution in [0.25, 0.3) is 0 Å². The Balaban J connectivity index is 1.68. The average Bonchev–Trinajstić information content (AvgIpc) is 3.23. The van der Waals surface area contributed by atoms with Crippen LogP contribution in [0.4, 0.5) is 10.1 Å². The highest BCUT2D eigenvalue weighted by Gasteiger charge is 2.31. The van der Waals surface area contributed by atoms with E-state index in [-0.39, 0.29) is 5.82 Å². The van der Waals surface area contributed by atoms with E-state index in [4.69, 9.17) is 5.73 Å². The summed E-state index contributed by atoms with van der Waals surface area (Å²) in [6.07, 6.45) is 3.47. The first kappa shape index (κ1) is 12.9. The number of nitrogens with zero attached hydrogens (tertiary/aromatic N) is 2. The van der Waals surface area contributed by atoms with Crippen LogP contribution in [-0.4, -0.2) is 43.7 Å². The Hall–Kier alpha value is -1.13. The number of hydrogen-bond acceptors (Lipinski definition) is 3. The second kappa shape index (κ2) is 5.47. The minimum atomic E-state index is -0.148. The predicted octanol–water partition coefficient (Wildman–Crippen LogP) is 1.61. The predicted molar refractivity (Wildman–Crippen MR) is 76.0 cm³/mol. The minimum Gasteiger partial charge on any atom is -0.369 e. The summed E-state index contributed by atoms with van der Waals surface area (Å²) in [4.78, 5) is 4.86. The van der Waals surface area contributed by atoms with Gasteiger partial charge in [0.25, 0.3) is 0 Å². The maximum Gasteiger partial charge on any atom is 0.125 e. The molecule has 104 valence electrons. The minimum absolute atomic E-state index is 0.148. The van der Waals surface area contributed by atoms with Gasteiger partial charge in [-0.1, -0.05) is 0 Å². The highest BCUT2D eigenvalue weighted by molar-refractivity contribution is 5.49. The molecule has 1 aromatic carbocycles. The summed E-state index contributed by atoms with van der Waals surface area (Å²) < 4.78 is 13.6. The monoisotopic (exact) mass is 263 g/mol. The molecule has 0 bridgehead atoms. The van der Waals surface area contributed by atoms with Gasteiger partial charge in [0.2, 0.25) is 0 Å². The van der Waals surface area contributed by atoms with Crippen molar-refractivity contribution in [1.29, 1.82) is 0 Å². The normalized spacial score (nSPS) is 20.8. The second-order valence-corrected chi connectivity index (χ2v) is 5.61. The highest BCUT2D eigenvalue weighted by Crippen LogP contribution is 2.28. The van der Waals surface area contributed by atoms with Crippen LogP contribution < -0.4 is 10.6 Å². The first-order valence-electron chi connectivity index (χ1n) is 7.25.